The molecule has 0 saturated heterocycles. The smallest absolute Gasteiger partial charge is 0.0584 e. The maximum atomic E-state index is 8.84. The molecule has 1 atom stereocenters. The van der Waals surface area contributed by atoms with Crippen molar-refractivity contribution in [3.05, 3.63) is 0 Å². The fourth-order valence-electron chi connectivity index (χ4n) is 0.977. The normalized spacial score (nSPS) is 13.4. The molecular weight excluding hydrogens is 142 g/mol. The first-order chi connectivity index (χ1) is 5.35. The van der Waals surface area contributed by atoms with Crippen molar-refractivity contribution in [2.75, 3.05) is 19.8 Å². The summed E-state index contributed by atoms with van der Waals surface area (Å²) in [4.78, 5) is 0. The van der Waals surface area contributed by atoms with Gasteiger partial charge in [-0.1, -0.05) is 19.8 Å². The molecule has 0 fully saturated rings. The number of rotatable bonds is 7. The lowest BCUT2D eigenvalue weighted by Gasteiger charge is -2.14. The van der Waals surface area contributed by atoms with Crippen LogP contribution in [-0.4, -0.2) is 36.0 Å². The van der Waals surface area contributed by atoms with Crippen LogP contribution in [0.1, 0.15) is 26.2 Å². The molecule has 0 aromatic carbocycles. The zero-order valence-electron chi connectivity index (χ0n) is 7.21. The molecule has 1 unspecified atom stereocenters. The van der Waals surface area contributed by atoms with Crippen LogP contribution in [0.5, 0.6) is 0 Å². The topological polar surface area (TPSA) is 52.5 Å². The van der Waals surface area contributed by atoms with Gasteiger partial charge in [0.2, 0.25) is 0 Å². The Kier molecular flexibility index (Phi) is 7.89. The Labute approximate surface area is 68.4 Å². The largest absolute Gasteiger partial charge is 0.395 e. The van der Waals surface area contributed by atoms with Gasteiger partial charge in [-0.15, -0.1) is 0 Å². The van der Waals surface area contributed by atoms with Gasteiger partial charge >= 0.3 is 0 Å². The molecule has 3 heteroatoms. The van der Waals surface area contributed by atoms with Crippen LogP contribution >= 0.6 is 0 Å². The first-order valence-corrected chi connectivity index (χ1v) is 4.30. The highest BCUT2D eigenvalue weighted by Gasteiger charge is 2.03. The summed E-state index contributed by atoms with van der Waals surface area (Å²) in [6.45, 7) is 3.01. The summed E-state index contributed by atoms with van der Waals surface area (Å²) in [6.07, 6.45) is 3.27. The van der Waals surface area contributed by atoms with Gasteiger partial charge in [0.1, 0.15) is 0 Å². The van der Waals surface area contributed by atoms with E-state index in [0.29, 0.717) is 6.54 Å². The number of hydrogen-bond donors (Lipinski definition) is 3. The molecule has 0 aliphatic heterocycles. The third-order valence-electron chi connectivity index (χ3n) is 1.67. The first-order valence-electron chi connectivity index (χ1n) is 4.30. The zero-order chi connectivity index (χ0) is 8.53. The molecule has 0 heterocycles. The van der Waals surface area contributed by atoms with Gasteiger partial charge in [-0.25, -0.2) is 0 Å². The van der Waals surface area contributed by atoms with Crippen molar-refractivity contribution < 1.29 is 10.2 Å². The van der Waals surface area contributed by atoms with Crippen LogP contribution in [0.25, 0.3) is 0 Å². The maximum absolute atomic E-state index is 8.84. The molecule has 0 rings (SSSR count). The number of hydrogen-bond acceptors (Lipinski definition) is 3. The summed E-state index contributed by atoms with van der Waals surface area (Å²) in [7, 11) is 0. The lowest BCUT2D eigenvalue weighted by molar-refractivity contribution is 0.218. The van der Waals surface area contributed by atoms with Crippen LogP contribution in [0.3, 0.4) is 0 Å². The second-order valence-corrected chi connectivity index (χ2v) is 2.70. The molecule has 68 valence electrons. The van der Waals surface area contributed by atoms with Crippen molar-refractivity contribution in [3.8, 4) is 0 Å². The molecule has 0 aromatic rings. The third kappa shape index (κ3) is 6.28. The highest BCUT2D eigenvalue weighted by atomic mass is 16.3. The third-order valence-corrected chi connectivity index (χ3v) is 1.67. The van der Waals surface area contributed by atoms with Crippen molar-refractivity contribution >= 4 is 0 Å². The van der Waals surface area contributed by atoms with Crippen molar-refractivity contribution in [1.82, 2.24) is 5.32 Å². The van der Waals surface area contributed by atoms with Crippen LogP contribution < -0.4 is 5.32 Å². The Balaban J connectivity index is 3.25. The maximum Gasteiger partial charge on any atom is 0.0584 e. The van der Waals surface area contributed by atoms with E-state index in [-0.39, 0.29) is 19.3 Å². The molecule has 0 bridgehead atoms. The van der Waals surface area contributed by atoms with E-state index < -0.39 is 0 Å². The molecule has 0 aromatic heterocycles. The van der Waals surface area contributed by atoms with E-state index in [0.717, 1.165) is 19.3 Å². The Morgan fingerprint density at radius 2 is 2.09 bits per heavy atom. The summed E-state index contributed by atoms with van der Waals surface area (Å²) >= 11 is 0. The molecule has 11 heavy (non-hydrogen) atoms. The van der Waals surface area contributed by atoms with Gasteiger partial charge in [0.25, 0.3) is 0 Å². The van der Waals surface area contributed by atoms with E-state index in [1.54, 1.807) is 0 Å². The standard InChI is InChI=1S/C8H19NO2/c1-2-3-4-8(7-11)9-5-6-10/h8-11H,2-7H2,1H3. The van der Waals surface area contributed by atoms with Crippen LogP contribution in [0.4, 0.5) is 0 Å². The van der Waals surface area contributed by atoms with Crippen LogP contribution in [0.2, 0.25) is 0 Å². The van der Waals surface area contributed by atoms with Crippen LogP contribution in [0.15, 0.2) is 0 Å². The van der Waals surface area contributed by atoms with E-state index in [1.165, 1.54) is 0 Å². The Morgan fingerprint density at radius 3 is 2.55 bits per heavy atom. The molecule has 0 saturated carbocycles. The number of nitrogens with one attached hydrogen (secondary N) is 1. The lowest BCUT2D eigenvalue weighted by atomic mass is 10.1. The van der Waals surface area contributed by atoms with Crippen molar-refractivity contribution in [3.63, 3.8) is 0 Å². The predicted octanol–water partition coefficient (Wildman–Crippen LogP) is 0.119. The minimum Gasteiger partial charge on any atom is -0.395 e. The Bertz CT molecular complexity index is 70.5. The molecular formula is C8H19NO2. The van der Waals surface area contributed by atoms with Gasteiger partial charge < -0.3 is 15.5 Å². The molecule has 0 spiro atoms. The van der Waals surface area contributed by atoms with Gasteiger partial charge in [-0.05, 0) is 6.42 Å². The van der Waals surface area contributed by atoms with E-state index in [1.807, 2.05) is 0 Å². The fourth-order valence-corrected chi connectivity index (χ4v) is 0.977. The van der Waals surface area contributed by atoms with Crippen molar-refractivity contribution in [2.24, 2.45) is 0 Å². The van der Waals surface area contributed by atoms with Crippen molar-refractivity contribution in [1.29, 1.82) is 0 Å². The van der Waals surface area contributed by atoms with Crippen LogP contribution in [-0.2, 0) is 0 Å². The number of unbranched alkanes of at least 4 members (excludes halogenated alkanes) is 1. The molecule has 0 aliphatic rings. The molecule has 0 radical (unpaired) electrons. The summed E-state index contributed by atoms with van der Waals surface area (Å²) in [5.74, 6) is 0. The minimum absolute atomic E-state index is 0.141. The summed E-state index contributed by atoms with van der Waals surface area (Å²) < 4.78 is 0. The highest BCUT2D eigenvalue weighted by Crippen LogP contribution is 1.98. The van der Waals surface area contributed by atoms with Crippen LogP contribution in [0, 0.1) is 0 Å². The minimum atomic E-state index is 0.141. The fraction of sp³-hybridized carbons (Fsp3) is 1.00. The summed E-state index contributed by atoms with van der Waals surface area (Å²) in [6, 6.07) is 0.169. The first kappa shape index (κ1) is 10.9. The Hall–Kier alpha value is -0.120. The van der Waals surface area contributed by atoms with Gasteiger partial charge in [0.05, 0.1) is 13.2 Å². The van der Waals surface area contributed by atoms with E-state index >= 15 is 0 Å². The molecule has 3 nitrogen and oxygen atoms in total. The SMILES string of the molecule is CCCCC(CO)NCCO. The van der Waals surface area contributed by atoms with E-state index in [2.05, 4.69) is 12.2 Å². The molecule has 0 aliphatic carbocycles. The zero-order valence-corrected chi connectivity index (χ0v) is 7.21. The predicted molar refractivity (Wildman–Crippen MR) is 45.5 cm³/mol. The second-order valence-electron chi connectivity index (χ2n) is 2.70. The monoisotopic (exact) mass is 161 g/mol. The average Bonchev–Trinajstić information content (AvgIpc) is 2.05. The lowest BCUT2D eigenvalue weighted by Crippen LogP contribution is -2.34. The molecule has 3 N–H and O–H groups in total. The van der Waals surface area contributed by atoms with Gasteiger partial charge in [-0.2, -0.15) is 0 Å². The number of aliphatic hydroxyl groups is 2. The summed E-state index contributed by atoms with van der Waals surface area (Å²) in [5, 5.41) is 20.4. The summed E-state index contributed by atoms with van der Waals surface area (Å²) in [5.41, 5.74) is 0. The molecule has 0 amide bonds. The van der Waals surface area contributed by atoms with E-state index in [4.69, 9.17) is 10.2 Å². The van der Waals surface area contributed by atoms with Gasteiger partial charge in [-0.3, -0.25) is 0 Å². The number of aliphatic hydroxyl groups excluding tert-OH is 2. The van der Waals surface area contributed by atoms with Gasteiger partial charge in [0.15, 0.2) is 0 Å². The van der Waals surface area contributed by atoms with Gasteiger partial charge in [0, 0.05) is 12.6 Å². The highest BCUT2D eigenvalue weighted by molar-refractivity contribution is 4.64. The second kappa shape index (κ2) is 7.98. The van der Waals surface area contributed by atoms with E-state index in [9.17, 15) is 0 Å². The Morgan fingerprint density at radius 1 is 1.36 bits per heavy atom. The average molecular weight is 161 g/mol. The van der Waals surface area contributed by atoms with Crippen molar-refractivity contribution in [2.45, 2.75) is 32.2 Å². The quantitative estimate of drug-likeness (QED) is 0.497.